The summed E-state index contributed by atoms with van der Waals surface area (Å²) in [6.45, 7) is 49.1. The standard InChI is InChI=1S/C17H27N3O.C14H28N2O2.C14H27NO2.C12H23NO3.C11H22N2O/c1-13(2)19-9-11-20(12-10-19)17(21)18-15(4)16-7-5-14(3)6-8-16;1-11(2)15-7-5-13(6-8-15)14(18)16(9-10-17)12(3)4;1-11(2)15-8-6-12(7-9-15)13(16)10-17-14(3,4)5;1-10(2)13-5-3-11(4-6-13)12(15)9-16-8-7-14;1-9(2)13-7-5-10(6-8-13)11(14)12(3)4/h5-8,13,15H,9-12H2,1-4H3,(H,18,21);11-13,17H,5-10H2,1-4H3;11-12H,6-10H2,1-5H3;10-11,14H,3-9H2,1-2H3;9-10H,5-8H2,1-4H3. The molecule has 0 aromatic heterocycles. The van der Waals surface area contributed by atoms with E-state index in [1.54, 1.807) is 4.90 Å². The van der Waals surface area contributed by atoms with Crippen molar-refractivity contribution in [3.05, 3.63) is 35.4 Å². The molecule has 3 N–H and O–H groups in total. The monoisotopic (exact) mass is 1210 g/mol. The highest BCUT2D eigenvalue weighted by molar-refractivity contribution is 5.83. The van der Waals surface area contributed by atoms with E-state index in [1.165, 1.54) is 5.56 Å². The van der Waals surface area contributed by atoms with Crippen LogP contribution in [0, 0.1) is 30.6 Å². The summed E-state index contributed by atoms with van der Waals surface area (Å²) in [5.41, 5.74) is 2.17. The Morgan fingerprint density at radius 3 is 1.22 bits per heavy atom. The van der Waals surface area contributed by atoms with Gasteiger partial charge in [-0.2, -0.15) is 0 Å². The summed E-state index contributed by atoms with van der Waals surface area (Å²) < 4.78 is 10.6. The van der Waals surface area contributed by atoms with Gasteiger partial charge in [0, 0.05) is 107 Å². The van der Waals surface area contributed by atoms with Crippen molar-refractivity contribution in [1.29, 1.82) is 0 Å². The van der Waals surface area contributed by atoms with E-state index < -0.39 is 0 Å². The predicted molar refractivity (Wildman–Crippen MR) is 350 cm³/mol. The van der Waals surface area contributed by atoms with Gasteiger partial charge in [-0.3, -0.25) is 24.1 Å². The van der Waals surface area contributed by atoms with Gasteiger partial charge in [0.25, 0.3) is 0 Å². The van der Waals surface area contributed by atoms with Crippen LogP contribution < -0.4 is 5.32 Å². The summed E-state index contributed by atoms with van der Waals surface area (Å²) >= 11 is 0. The van der Waals surface area contributed by atoms with Crippen LogP contribution >= 0.6 is 0 Å². The second kappa shape index (κ2) is 40.9. The zero-order valence-corrected chi connectivity index (χ0v) is 57.9. The number of nitrogens with one attached hydrogen (secondary N) is 1. The smallest absolute Gasteiger partial charge is 0.317 e. The fourth-order valence-corrected chi connectivity index (χ4v) is 11.5. The molecule has 0 saturated carbocycles. The zero-order chi connectivity index (χ0) is 64.8. The van der Waals surface area contributed by atoms with Crippen molar-refractivity contribution in [3.8, 4) is 0 Å². The predicted octanol–water partition coefficient (Wildman–Crippen LogP) is 8.50. The Balaban J connectivity index is 0.000000369. The molecule has 18 nitrogen and oxygen atoms in total. The van der Waals surface area contributed by atoms with E-state index in [9.17, 15) is 24.0 Å². The molecule has 498 valence electrons. The number of amides is 4. The summed E-state index contributed by atoms with van der Waals surface area (Å²) in [7, 11) is 3.69. The molecule has 5 heterocycles. The van der Waals surface area contributed by atoms with E-state index in [2.05, 4.69) is 130 Å². The van der Waals surface area contributed by atoms with Gasteiger partial charge in [0.1, 0.15) is 13.2 Å². The van der Waals surface area contributed by atoms with Crippen LogP contribution in [0.3, 0.4) is 0 Å². The summed E-state index contributed by atoms with van der Waals surface area (Å²) in [5.74, 6) is 1.78. The fraction of sp³-hybridized carbons (Fsp3) is 0.838. The Hall–Kier alpha value is -3.59. The summed E-state index contributed by atoms with van der Waals surface area (Å²) in [6.07, 6.45) is 7.82. The molecule has 1 atom stereocenters. The lowest BCUT2D eigenvalue weighted by Gasteiger charge is -2.37. The highest BCUT2D eigenvalue weighted by Crippen LogP contribution is 2.25. The molecule has 4 amide bonds. The van der Waals surface area contributed by atoms with E-state index in [1.807, 2.05) is 65.4 Å². The van der Waals surface area contributed by atoms with Gasteiger partial charge in [-0.15, -0.1) is 0 Å². The number of nitrogens with zero attached hydrogens (tertiary/aromatic N) is 8. The first-order valence-corrected chi connectivity index (χ1v) is 33.2. The van der Waals surface area contributed by atoms with E-state index in [0.29, 0.717) is 42.7 Å². The number of aliphatic hydroxyl groups is 2. The number of ether oxygens (including phenoxy) is 2. The van der Waals surface area contributed by atoms with E-state index in [-0.39, 0.29) is 97.9 Å². The second-order valence-corrected chi connectivity index (χ2v) is 27.5. The van der Waals surface area contributed by atoms with Gasteiger partial charge in [0.05, 0.1) is 31.5 Å². The van der Waals surface area contributed by atoms with Crippen LogP contribution in [0.5, 0.6) is 0 Å². The first kappa shape index (κ1) is 78.5. The third kappa shape index (κ3) is 29.8. The Kier molecular flexibility index (Phi) is 37.4. The molecular weight excluding hydrogens is 1090 g/mol. The summed E-state index contributed by atoms with van der Waals surface area (Å²) in [6, 6.07) is 11.5. The lowest BCUT2D eigenvalue weighted by atomic mass is 9.92. The maximum absolute atomic E-state index is 12.4. The van der Waals surface area contributed by atoms with Crippen molar-refractivity contribution in [2.45, 2.75) is 217 Å². The number of rotatable bonds is 20. The van der Waals surface area contributed by atoms with Gasteiger partial charge >= 0.3 is 6.03 Å². The molecule has 1 aromatic rings. The lowest BCUT2D eigenvalue weighted by molar-refractivity contribution is -0.139. The highest BCUT2D eigenvalue weighted by atomic mass is 16.5. The number of aryl methyl sites for hydroxylation is 1. The number of benzene rings is 1. The van der Waals surface area contributed by atoms with Crippen LogP contribution in [0.1, 0.15) is 179 Å². The molecule has 0 radical (unpaired) electrons. The molecule has 0 bridgehead atoms. The number of ketones is 2. The van der Waals surface area contributed by atoms with Crippen molar-refractivity contribution in [1.82, 2.24) is 44.5 Å². The number of piperazine rings is 1. The van der Waals surface area contributed by atoms with Gasteiger partial charge in [0.15, 0.2) is 11.6 Å². The molecule has 5 aliphatic rings. The SMILES string of the molecule is CC(C)N1CCC(C(=O)COC(C)(C)C)CC1.CC(C)N1CCC(C(=O)COCCO)CC1.CC(C)N1CCC(C(=O)N(C)C)CC1.CC(C)N1CCC(C(=O)N(CCO)C(C)C)CC1.Cc1ccc(C(C)NC(=O)N2CCN(C(C)C)CC2)cc1. The number of hydrogen-bond acceptors (Lipinski definition) is 14. The van der Waals surface area contributed by atoms with E-state index in [4.69, 9.17) is 19.7 Å². The largest absolute Gasteiger partial charge is 0.395 e. The third-order valence-electron chi connectivity index (χ3n) is 17.7. The molecule has 6 rings (SSSR count). The van der Waals surface area contributed by atoms with Crippen molar-refractivity contribution < 1.29 is 43.7 Å². The van der Waals surface area contributed by atoms with Crippen molar-refractivity contribution >= 4 is 29.4 Å². The van der Waals surface area contributed by atoms with Gasteiger partial charge < -0.3 is 59.3 Å². The summed E-state index contributed by atoms with van der Waals surface area (Å²) in [4.78, 5) is 77.7. The Bertz CT molecular complexity index is 2030. The Morgan fingerprint density at radius 1 is 0.523 bits per heavy atom. The van der Waals surface area contributed by atoms with Gasteiger partial charge in [0.2, 0.25) is 11.8 Å². The first-order chi connectivity index (χ1) is 40.4. The molecule has 0 aliphatic carbocycles. The molecule has 5 aliphatic heterocycles. The Labute approximate surface area is 523 Å². The van der Waals surface area contributed by atoms with Crippen molar-refractivity contribution in [2.75, 3.05) is 132 Å². The van der Waals surface area contributed by atoms with Crippen molar-refractivity contribution in [3.63, 3.8) is 0 Å². The van der Waals surface area contributed by atoms with Crippen LogP contribution in [-0.4, -0.2) is 253 Å². The van der Waals surface area contributed by atoms with Crippen LogP contribution in [0.25, 0.3) is 0 Å². The van der Waals surface area contributed by atoms with Gasteiger partial charge in [-0.1, -0.05) is 29.8 Å². The second-order valence-electron chi connectivity index (χ2n) is 27.5. The van der Waals surface area contributed by atoms with Gasteiger partial charge in [-0.25, -0.2) is 4.79 Å². The Morgan fingerprint density at radius 2 is 0.884 bits per heavy atom. The number of aliphatic hydroxyl groups excluding tert-OH is 2. The lowest BCUT2D eigenvalue weighted by Crippen LogP contribution is -2.53. The molecule has 18 heteroatoms. The third-order valence-corrected chi connectivity index (χ3v) is 17.7. The minimum Gasteiger partial charge on any atom is -0.395 e. The molecule has 1 unspecified atom stereocenters. The molecular formula is C68H127N9O9. The topological polar surface area (TPSA) is 182 Å². The first-order valence-electron chi connectivity index (χ1n) is 33.2. The van der Waals surface area contributed by atoms with Crippen LogP contribution in [-0.2, 0) is 28.7 Å². The van der Waals surface area contributed by atoms with E-state index in [0.717, 1.165) is 135 Å². The number of urea groups is 1. The number of carbonyl (C=O) groups excluding carboxylic acids is 5. The van der Waals surface area contributed by atoms with Crippen molar-refractivity contribution in [2.24, 2.45) is 23.7 Å². The molecule has 1 aromatic carbocycles. The average molecular weight is 1210 g/mol. The number of Topliss-reactive ketones (excluding diaryl/α,β-unsaturated/α-hetero) is 2. The molecule has 5 fully saturated rings. The number of piperidine rings is 4. The average Bonchev–Trinajstić information content (AvgIpc) is 3.67. The van der Waals surface area contributed by atoms with Crippen LogP contribution in [0.15, 0.2) is 24.3 Å². The minimum absolute atomic E-state index is 0.0148. The summed E-state index contributed by atoms with van der Waals surface area (Å²) in [5, 5.41) is 20.7. The normalized spacial score (nSPS) is 19.0. The quantitative estimate of drug-likeness (QED) is 0.106. The molecule has 0 spiro atoms. The highest BCUT2D eigenvalue weighted by Gasteiger charge is 2.32. The number of hydrogen-bond donors (Lipinski definition) is 3. The van der Waals surface area contributed by atoms with Crippen LogP contribution in [0.4, 0.5) is 4.79 Å². The maximum Gasteiger partial charge on any atom is 0.317 e. The van der Waals surface area contributed by atoms with E-state index >= 15 is 0 Å². The fourth-order valence-electron chi connectivity index (χ4n) is 11.5. The van der Waals surface area contributed by atoms with Gasteiger partial charge in [-0.05, 0) is 227 Å². The number of likely N-dealkylation sites (tertiary alicyclic amines) is 4. The van der Waals surface area contributed by atoms with Crippen LogP contribution in [0.2, 0.25) is 0 Å². The zero-order valence-electron chi connectivity index (χ0n) is 57.9. The molecule has 5 saturated heterocycles. The number of carbonyl (C=O) groups is 5. The maximum atomic E-state index is 12.4. The minimum atomic E-state index is -0.214. The molecule has 86 heavy (non-hydrogen) atoms.